The molecule has 11 heteroatoms. The first-order chi connectivity index (χ1) is 13.7. The minimum absolute atomic E-state index is 0.192. The molecule has 3 rings (SSSR count). The van der Waals surface area contributed by atoms with E-state index in [9.17, 15) is 29.4 Å². The average Bonchev–Trinajstić information content (AvgIpc) is 3.16. The summed E-state index contributed by atoms with van der Waals surface area (Å²) >= 11 is 0. The molecule has 0 atom stereocenters. The first-order valence-corrected chi connectivity index (χ1v) is 7.74. The number of carboxylic acid groups (broad SMARTS) is 4. The van der Waals surface area contributed by atoms with E-state index in [2.05, 4.69) is 10.2 Å². The van der Waals surface area contributed by atoms with E-state index in [1.54, 1.807) is 0 Å². The van der Waals surface area contributed by atoms with E-state index < -0.39 is 23.9 Å². The topological polar surface area (TPSA) is 188 Å². The van der Waals surface area contributed by atoms with Crippen LogP contribution < -0.4 is 0 Å². The molecule has 0 unspecified atom stereocenters. The van der Waals surface area contributed by atoms with Crippen molar-refractivity contribution < 1.29 is 44.0 Å². The molecule has 1 heterocycles. The van der Waals surface area contributed by atoms with Crippen LogP contribution in [-0.2, 0) is 0 Å². The Bertz CT molecular complexity index is 1090. The first kappa shape index (κ1) is 19.2. The summed E-state index contributed by atoms with van der Waals surface area (Å²) in [5.41, 5.74) is -1.48. The Morgan fingerprint density at radius 3 is 1.31 bits per heavy atom. The number of nitrogens with zero attached hydrogens (tertiary/aromatic N) is 2. The van der Waals surface area contributed by atoms with Crippen LogP contribution in [0.4, 0.5) is 0 Å². The van der Waals surface area contributed by atoms with E-state index in [4.69, 9.17) is 14.6 Å². The van der Waals surface area contributed by atoms with Gasteiger partial charge in [-0.3, -0.25) is 0 Å². The molecule has 0 spiro atoms. The molecule has 146 valence electrons. The minimum atomic E-state index is -1.38. The van der Waals surface area contributed by atoms with Crippen LogP contribution >= 0.6 is 0 Å². The van der Waals surface area contributed by atoms with Crippen LogP contribution in [0.3, 0.4) is 0 Å². The molecule has 0 bridgehead atoms. The summed E-state index contributed by atoms with van der Waals surface area (Å²) in [7, 11) is 0. The Morgan fingerprint density at radius 2 is 1.00 bits per heavy atom. The fourth-order valence-corrected chi connectivity index (χ4v) is 2.52. The molecule has 0 aliphatic heterocycles. The van der Waals surface area contributed by atoms with Crippen LogP contribution in [-0.4, -0.2) is 54.5 Å². The van der Waals surface area contributed by atoms with Gasteiger partial charge in [0, 0.05) is 0 Å². The minimum Gasteiger partial charge on any atom is -0.478 e. The summed E-state index contributed by atoms with van der Waals surface area (Å²) in [6.45, 7) is 0. The van der Waals surface area contributed by atoms with E-state index in [1.165, 1.54) is 0 Å². The van der Waals surface area contributed by atoms with E-state index in [0.717, 1.165) is 36.4 Å². The van der Waals surface area contributed by atoms with Crippen molar-refractivity contribution in [3.63, 3.8) is 0 Å². The van der Waals surface area contributed by atoms with Gasteiger partial charge in [-0.2, -0.15) is 0 Å². The molecule has 0 fully saturated rings. The lowest BCUT2D eigenvalue weighted by Gasteiger charge is -2.04. The fourth-order valence-electron chi connectivity index (χ4n) is 2.52. The van der Waals surface area contributed by atoms with Crippen LogP contribution in [0.25, 0.3) is 22.9 Å². The lowest BCUT2D eigenvalue weighted by molar-refractivity contribution is 0.0681. The number of aromatic nitrogens is 2. The second-order valence-corrected chi connectivity index (χ2v) is 5.65. The highest BCUT2D eigenvalue weighted by atomic mass is 16.4. The van der Waals surface area contributed by atoms with Crippen molar-refractivity contribution in [2.24, 2.45) is 0 Å². The summed E-state index contributed by atoms with van der Waals surface area (Å²) in [6, 6.07) is 6.33. The number of hydrogen-bond acceptors (Lipinski definition) is 7. The van der Waals surface area contributed by atoms with Gasteiger partial charge in [-0.05, 0) is 36.4 Å². The summed E-state index contributed by atoms with van der Waals surface area (Å²) < 4.78 is 5.37. The number of carboxylic acids is 4. The van der Waals surface area contributed by atoms with E-state index >= 15 is 0 Å². The highest BCUT2D eigenvalue weighted by Gasteiger charge is 2.23. The zero-order chi connectivity index (χ0) is 21.3. The molecular formula is C18H10N2O9. The van der Waals surface area contributed by atoms with Crippen molar-refractivity contribution in [3.05, 3.63) is 58.7 Å². The molecule has 0 saturated heterocycles. The van der Waals surface area contributed by atoms with E-state index in [1.807, 2.05) is 0 Å². The number of rotatable bonds is 6. The first-order valence-electron chi connectivity index (χ1n) is 7.74. The predicted octanol–water partition coefficient (Wildman–Crippen LogP) is 2.20. The molecule has 0 saturated carbocycles. The number of aromatic carboxylic acids is 4. The molecule has 0 amide bonds. The Morgan fingerprint density at radius 1 is 0.621 bits per heavy atom. The Kier molecular flexibility index (Phi) is 4.79. The molecule has 3 aromatic rings. The number of benzene rings is 2. The molecule has 0 radical (unpaired) electrons. The number of hydrogen-bond donors (Lipinski definition) is 4. The third-order valence-corrected chi connectivity index (χ3v) is 3.88. The second-order valence-electron chi connectivity index (χ2n) is 5.65. The van der Waals surface area contributed by atoms with Crippen molar-refractivity contribution in [1.82, 2.24) is 10.2 Å². The largest absolute Gasteiger partial charge is 0.478 e. The predicted molar refractivity (Wildman–Crippen MR) is 93.0 cm³/mol. The van der Waals surface area contributed by atoms with Crippen LogP contribution in [0, 0.1) is 0 Å². The van der Waals surface area contributed by atoms with Crippen LogP contribution in [0.15, 0.2) is 40.8 Å². The summed E-state index contributed by atoms with van der Waals surface area (Å²) in [5, 5.41) is 44.2. The average molecular weight is 398 g/mol. The molecule has 4 N–H and O–H groups in total. The molecule has 1 aromatic heterocycles. The van der Waals surface area contributed by atoms with Gasteiger partial charge >= 0.3 is 23.9 Å². The van der Waals surface area contributed by atoms with Gasteiger partial charge < -0.3 is 24.8 Å². The maximum absolute atomic E-state index is 11.4. The van der Waals surface area contributed by atoms with Crippen LogP contribution in [0.1, 0.15) is 41.4 Å². The maximum atomic E-state index is 11.4. The van der Waals surface area contributed by atoms with Gasteiger partial charge in [0.05, 0.1) is 33.4 Å². The molecule has 2 aromatic carbocycles. The third kappa shape index (κ3) is 3.64. The maximum Gasteiger partial charge on any atom is 0.336 e. The normalized spacial score (nSPS) is 10.5. The highest BCUT2D eigenvalue weighted by molar-refractivity contribution is 5.99. The standard InChI is InChI=1S/C18H10N2O9/c21-15(22)7-1-3-9(17(25)26)11(5-7)13-19-20-14(29-13)12-6-8(16(23)24)2-4-10(12)18(27)28/h1-6H,(H,21,22)(H,23,24)(H,25,26)(H,27,28). The van der Waals surface area contributed by atoms with Crippen LogP contribution in [0.5, 0.6) is 0 Å². The van der Waals surface area contributed by atoms with Gasteiger partial charge in [0.15, 0.2) is 0 Å². The van der Waals surface area contributed by atoms with Crippen molar-refractivity contribution in [2.45, 2.75) is 0 Å². The van der Waals surface area contributed by atoms with Gasteiger partial charge in [0.1, 0.15) is 0 Å². The monoisotopic (exact) mass is 398 g/mol. The van der Waals surface area contributed by atoms with Gasteiger partial charge in [0.2, 0.25) is 11.8 Å². The van der Waals surface area contributed by atoms with E-state index in [-0.39, 0.29) is 45.2 Å². The van der Waals surface area contributed by atoms with Gasteiger partial charge in [-0.1, -0.05) is 0 Å². The Hall–Kier alpha value is -4.54. The quantitative estimate of drug-likeness (QED) is 0.476. The van der Waals surface area contributed by atoms with Crippen molar-refractivity contribution in [2.75, 3.05) is 0 Å². The van der Waals surface area contributed by atoms with Crippen molar-refractivity contribution >= 4 is 23.9 Å². The van der Waals surface area contributed by atoms with Crippen LogP contribution in [0.2, 0.25) is 0 Å². The Labute approximate surface area is 160 Å². The molecule has 0 aliphatic rings. The van der Waals surface area contributed by atoms with Crippen molar-refractivity contribution in [1.29, 1.82) is 0 Å². The van der Waals surface area contributed by atoms with Gasteiger partial charge in [-0.15, -0.1) is 10.2 Å². The molecule has 29 heavy (non-hydrogen) atoms. The summed E-state index contributed by atoms with van der Waals surface area (Å²) in [6.07, 6.45) is 0. The van der Waals surface area contributed by atoms with Gasteiger partial charge in [-0.25, -0.2) is 19.2 Å². The zero-order valence-electron chi connectivity index (χ0n) is 14.2. The summed E-state index contributed by atoms with van der Waals surface area (Å²) in [5.74, 6) is -6.14. The zero-order valence-corrected chi connectivity index (χ0v) is 14.2. The third-order valence-electron chi connectivity index (χ3n) is 3.88. The molecule has 11 nitrogen and oxygen atoms in total. The van der Waals surface area contributed by atoms with E-state index in [0.29, 0.717) is 0 Å². The highest BCUT2D eigenvalue weighted by Crippen LogP contribution is 2.30. The number of carbonyl (C=O) groups is 4. The lowest BCUT2D eigenvalue weighted by Crippen LogP contribution is -2.03. The second kappa shape index (κ2) is 7.23. The Balaban J connectivity index is 2.18. The SMILES string of the molecule is O=C(O)c1ccc(C(=O)O)c(-c2nnc(-c3cc(C(=O)O)ccc3C(=O)O)o2)c1. The van der Waals surface area contributed by atoms with Crippen molar-refractivity contribution in [3.8, 4) is 22.9 Å². The fraction of sp³-hybridized carbons (Fsp3) is 0. The molecular weight excluding hydrogens is 388 g/mol. The smallest absolute Gasteiger partial charge is 0.336 e. The lowest BCUT2D eigenvalue weighted by atomic mass is 10.0. The molecule has 0 aliphatic carbocycles. The van der Waals surface area contributed by atoms with Gasteiger partial charge in [0.25, 0.3) is 0 Å². The summed E-state index contributed by atoms with van der Waals surface area (Å²) in [4.78, 5) is 45.2.